The molecule has 1 aliphatic rings. The summed E-state index contributed by atoms with van der Waals surface area (Å²) in [6.07, 6.45) is 6.10. The van der Waals surface area contributed by atoms with Gasteiger partial charge in [-0.05, 0) is 56.9 Å². The number of anilines is 2. The summed E-state index contributed by atoms with van der Waals surface area (Å²) >= 11 is 0. The Morgan fingerprint density at radius 2 is 2.00 bits per heavy atom. The van der Waals surface area contributed by atoms with Gasteiger partial charge in [0.05, 0.1) is 0 Å². The number of rotatable bonds is 7. The number of allylic oxidation sites excluding steroid dienone is 1. The van der Waals surface area contributed by atoms with E-state index in [1.165, 1.54) is 0 Å². The molecule has 1 unspecified atom stereocenters. The summed E-state index contributed by atoms with van der Waals surface area (Å²) in [4.78, 5) is 11.6. The van der Waals surface area contributed by atoms with E-state index in [0.717, 1.165) is 37.1 Å². The Morgan fingerprint density at radius 1 is 1.37 bits per heavy atom. The molecule has 0 radical (unpaired) electrons. The molecule has 1 amide bonds. The number of hydrogen-bond acceptors (Lipinski definition) is 2. The zero-order valence-electron chi connectivity index (χ0n) is 11.5. The van der Waals surface area contributed by atoms with Crippen LogP contribution in [0.1, 0.15) is 32.6 Å². The van der Waals surface area contributed by atoms with Crippen molar-refractivity contribution < 1.29 is 4.79 Å². The molecule has 1 aromatic rings. The molecule has 0 spiro atoms. The first-order chi connectivity index (χ1) is 9.19. The zero-order chi connectivity index (χ0) is 13.7. The van der Waals surface area contributed by atoms with Gasteiger partial charge in [0.1, 0.15) is 0 Å². The van der Waals surface area contributed by atoms with E-state index in [1.807, 2.05) is 30.3 Å². The van der Waals surface area contributed by atoms with Gasteiger partial charge in [0, 0.05) is 23.3 Å². The maximum atomic E-state index is 11.6. The summed E-state index contributed by atoms with van der Waals surface area (Å²) < 4.78 is 0. The van der Waals surface area contributed by atoms with Gasteiger partial charge in [0.25, 0.3) is 0 Å². The predicted molar refractivity (Wildman–Crippen MR) is 80.3 cm³/mol. The minimum Gasteiger partial charge on any atom is -0.383 e. The van der Waals surface area contributed by atoms with E-state index < -0.39 is 0 Å². The van der Waals surface area contributed by atoms with Crippen molar-refractivity contribution in [3.63, 3.8) is 0 Å². The normalized spacial score (nSPS) is 15.6. The van der Waals surface area contributed by atoms with E-state index in [4.69, 9.17) is 0 Å². The summed E-state index contributed by atoms with van der Waals surface area (Å²) in [5.74, 6) is 0.400. The molecule has 0 aliphatic heterocycles. The molecule has 1 atom stereocenters. The van der Waals surface area contributed by atoms with Gasteiger partial charge >= 0.3 is 0 Å². The molecule has 3 nitrogen and oxygen atoms in total. The van der Waals surface area contributed by atoms with Gasteiger partial charge in [-0.1, -0.05) is 6.08 Å². The first-order valence-corrected chi connectivity index (χ1v) is 6.97. The van der Waals surface area contributed by atoms with Gasteiger partial charge in [-0.3, -0.25) is 4.79 Å². The standard InChI is InChI=1S/C16H22N2O/c1-3-4-5-12(2)17-14-8-10-15(11-9-14)18-16(19)13-6-7-13/h3,8-13,17H,1,4-7H2,2H3,(H,18,19). The van der Waals surface area contributed by atoms with Crippen LogP contribution < -0.4 is 10.6 Å². The van der Waals surface area contributed by atoms with Crippen molar-refractivity contribution >= 4 is 17.3 Å². The fourth-order valence-electron chi connectivity index (χ4n) is 1.96. The van der Waals surface area contributed by atoms with E-state index >= 15 is 0 Å². The van der Waals surface area contributed by atoms with E-state index in [2.05, 4.69) is 24.1 Å². The molecule has 1 fully saturated rings. The van der Waals surface area contributed by atoms with Crippen LogP contribution in [0, 0.1) is 5.92 Å². The first-order valence-electron chi connectivity index (χ1n) is 6.97. The zero-order valence-corrected chi connectivity index (χ0v) is 11.5. The highest BCUT2D eigenvalue weighted by Crippen LogP contribution is 2.30. The topological polar surface area (TPSA) is 41.1 Å². The van der Waals surface area contributed by atoms with E-state index in [9.17, 15) is 4.79 Å². The fourth-order valence-corrected chi connectivity index (χ4v) is 1.96. The third-order valence-corrected chi connectivity index (χ3v) is 3.32. The lowest BCUT2D eigenvalue weighted by atomic mass is 10.1. The molecule has 3 heteroatoms. The Kier molecular flexibility index (Phi) is 4.61. The Morgan fingerprint density at radius 3 is 2.58 bits per heavy atom. The van der Waals surface area contributed by atoms with E-state index in [1.54, 1.807) is 0 Å². The maximum absolute atomic E-state index is 11.6. The molecule has 1 aromatic carbocycles. The second kappa shape index (κ2) is 6.41. The van der Waals surface area contributed by atoms with Crippen LogP contribution >= 0.6 is 0 Å². The number of hydrogen-bond donors (Lipinski definition) is 2. The van der Waals surface area contributed by atoms with E-state index in [0.29, 0.717) is 6.04 Å². The van der Waals surface area contributed by atoms with Crippen LogP contribution in [0.5, 0.6) is 0 Å². The van der Waals surface area contributed by atoms with Gasteiger partial charge < -0.3 is 10.6 Å². The first kappa shape index (κ1) is 13.7. The van der Waals surface area contributed by atoms with Crippen molar-refractivity contribution in [3.8, 4) is 0 Å². The molecule has 1 aliphatic carbocycles. The number of carbonyl (C=O) groups is 1. The van der Waals surface area contributed by atoms with Crippen LogP contribution in [-0.2, 0) is 4.79 Å². The molecule has 0 saturated heterocycles. The van der Waals surface area contributed by atoms with Crippen molar-refractivity contribution in [3.05, 3.63) is 36.9 Å². The number of nitrogens with one attached hydrogen (secondary N) is 2. The summed E-state index contributed by atoms with van der Waals surface area (Å²) in [6.45, 7) is 5.89. The summed E-state index contributed by atoms with van der Waals surface area (Å²) in [7, 11) is 0. The Bertz CT molecular complexity index is 435. The highest BCUT2D eigenvalue weighted by atomic mass is 16.2. The summed E-state index contributed by atoms with van der Waals surface area (Å²) in [5.41, 5.74) is 1.96. The maximum Gasteiger partial charge on any atom is 0.227 e. The molecular weight excluding hydrogens is 236 g/mol. The van der Waals surface area contributed by atoms with E-state index in [-0.39, 0.29) is 11.8 Å². The minimum absolute atomic E-state index is 0.153. The fraction of sp³-hybridized carbons (Fsp3) is 0.438. The quantitative estimate of drug-likeness (QED) is 0.730. The average Bonchev–Trinajstić information content (AvgIpc) is 3.23. The Balaban J connectivity index is 1.83. The van der Waals surface area contributed by atoms with Crippen molar-refractivity contribution in [2.75, 3.05) is 10.6 Å². The molecule has 0 bridgehead atoms. The van der Waals surface area contributed by atoms with Crippen molar-refractivity contribution in [2.45, 2.75) is 38.6 Å². The van der Waals surface area contributed by atoms with Crippen LogP contribution in [0.2, 0.25) is 0 Å². The van der Waals surface area contributed by atoms with Crippen LogP contribution in [0.4, 0.5) is 11.4 Å². The summed E-state index contributed by atoms with van der Waals surface area (Å²) in [6, 6.07) is 8.33. The molecule has 2 N–H and O–H groups in total. The largest absolute Gasteiger partial charge is 0.383 e. The monoisotopic (exact) mass is 258 g/mol. The lowest BCUT2D eigenvalue weighted by molar-refractivity contribution is -0.117. The highest BCUT2D eigenvalue weighted by molar-refractivity contribution is 5.94. The lowest BCUT2D eigenvalue weighted by Crippen LogP contribution is -2.15. The number of benzene rings is 1. The van der Waals surface area contributed by atoms with Crippen LogP contribution in [0.15, 0.2) is 36.9 Å². The minimum atomic E-state index is 0.153. The Hall–Kier alpha value is -1.77. The number of carbonyl (C=O) groups excluding carboxylic acids is 1. The molecule has 1 saturated carbocycles. The van der Waals surface area contributed by atoms with Gasteiger partial charge in [-0.25, -0.2) is 0 Å². The van der Waals surface area contributed by atoms with Gasteiger partial charge in [-0.2, -0.15) is 0 Å². The average molecular weight is 258 g/mol. The second-order valence-corrected chi connectivity index (χ2v) is 5.25. The van der Waals surface area contributed by atoms with Gasteiger partial charge in [0.15, 0.2) is 0 Å². The third kappa shape index (κ3) is 4.43. The van der Waals surface area contributed by atoms with Gasteiger partial charge in [-0.15, -0.1) is 6.58 Å². The Labute approximate surface area is 115 Å². The highest BCUT2D eigenvalue weighted by Gasteiger charge is 2.29. The van der Waals surface area contributed by atoms with Crippen molar-refractivity contribution in [1.82, 2.24) is 0 Å². The van der Waals surface area contributed by atoms with Crippen LogP contribution in [-0.4, -0.2) is 11.9 Å². The molecule has 0 aromatic heterocycles. The number of amides is 1. The van der Waals surface area contributed by atoms with Crippen LogP contribution in [0.3, 0.4) is 0 Å². The van der Waals surface area contributed by atoms with Crippen molar-refractivity contribution in [1.29, 1.82) is 0 Å². The smallest absolute Gasteiger partial charge is 0.227 e. The lowest BCUT2D eigenvalue weighted by Gasteiger charge is -2.14. The second-order valence-electron chi connectivity index (χ2n) is 5.25. The van der Waals surface area contributed by atoms with Gasteiger partial charge in [0.2, 0.25) is 5.91 Å². The molecule has 19 heavy (non-hydrogen) atoms. The molecule has 0 heterocycles. The third-order valence-electron chi connectivity index (χ3n) is 3.32. The van der Waals surface area contributed by atoms with Crippen LogP contribution in [0.25, 0.3) is 0 Å². The predicted octanol–water partition coefficient (Wildman–Crippen LogP) is 3.80. The van der Waals surface area contributed by atoms with Crippen molar-refractivity contribution in [2.24, 2.45) is 5.92 Å². The summed E-state index contributed by atoms with van der Waals surface area (Å²) in [5, 5.41) is 6.37. The molecular formula is C16H22N2O. The molecule has 102 valence electrons. The molecule has 2 rings (SSSR count). The SMILES string of the molecule is C=CCCC(C)Nc1ccc(NC(=O)C2CC2)cc1.